The lowest BCUT2D eigenvalue weighted by Gasteiger charge is -2.17. The molecule has 19 heavy (non-hydrogen) atoms. The Balaban J connectivity index is 2.73. The zero-order valence-electron chi connectivity index (χ0n) is 11.6. The SMILES string of the molecule is CCc1cc(C)cc(Br)c1C1=C(O)C(C)(C)NC1=O. The number of aryl methyl sites for hydroxylation is 2. The number of benzene rings is 1. The number of hydrogen-bond donors (Lipinski definition) is 2. The lowest BCUT2D eigenvalue weighted by atomic mass is 9.93. The first kappa shape index (κ1) is 14.1. The molecule has 0 atom stereocenters. The number of amides is 1. The number of nitrogens with one attached hydrogen (secondary N) is 1. The van der Waals surface area contributed by atoms with E-state index in [1.54, 1.807) is 13.8 Å². The van der Waals surface area contributed by atoms with Gasteiger partial charge >= 0.3 is 0 Å². The predicted molar refractivity (Wildman–Crippen MR) is 80.0 cm³/mol. The van der Waals surface area contributed by atoms with Crippen molar-refractivity contribution < 1.29 is 9.90 Å². The van der Waals surface area contributed by atoms with Gasteiger partial charge in [-0.05, 0) is 44.4 Å². The lowest BCUT2D eigenvalue weighted by molar-refractivity contribution is -0.115. The first-order valence-electron chi connectivity index (χ1n) is 6.33. The Morgan fingerprint density at radius 3 is 2.47 bits per heavy atom. The molecule has 2 N–H and O–H groups in total. The average molecular weight is 324 g/mol. The monoisotopic (exact) mass is 323 g/mol. The van der Waals surface area contributed by atoms with E-state index in [9.17, 15) is 9.90 Å². The van der Waals surface area contributed by atoms with Crippen molar-refractivity contribution in [3.05, 3.63) is 39.1 Å². The Morgan fingerprint density at radius 1 is 1.37 bits per heavy atom. The molecule has 2 rings (SSSR count). The highest BCUT2D eigenvalue weighted by molar-refractivity contribution is 9.10. The minimum absolute atomic E-state index is 0.108. The molecule has 0 aliphatic carbocycles. The molecule has 1 aromatic carbocycles. The van der Waals surface area contributed by atoms with Gasteiger partial charge in [0.25, 0.3) is 5.91 Å². The number of halogens is 1. The van der Waals surface area contributed by atoms with Crippen LogP contribution in [0.15, 0.2) is 22.4 Å². The largest absolute Gasteiger partial charge is 0.509 e. The van der Waals surface area contributed by atoms with Crippen molar-refractivity contribution in [2.75, 3.05) is 0 Å². The van der Waals surface area contributed by atoms with Crippen LogP contribution in [0.1, 0.15) is 37.5 Å². The summed E-state index contributed by atoms with van der Waals surface area (Å²) >= 11 is 3.52. The lowest BCUT2D eigenvalue weighted by Crippen LogP contribution is -2.38. The number of hydrogen-bond acceptors (Lipinski definition) is 2. The maximum absolute atomic E-state index is 12.2. The van der Waals surface area contributed by atoms with Crippen LogP contribution in [0.4, 0.5) is 0 Å². The Kier molecular flexibility index (Phi) is 3.47. The van der Waals surface area contributed by atoms with E-state index in [1.807, 2.05) is 19.9 Å². The summed E-state index contributed by atoms with van der Waals surface area (Å²) in [4.78, 5) is 12.2. The van der Waals surface area contributed by atoms with E-state index in [0.717, 1.165) is 27.6 Å². The highest BCUT2D eigenvalue weighted by Gasteiger charge is 2.39. The van der Waals surface area contributed by atoms with E-state index < -0.39 is 5.54 Å². The normalized spacial score (nSPS) is 17.8. The molecule has 0 saturated heterocycles. The Morgan fingerprint density at radius 2 is 2.00 bits per heavy atom. The minimum Gasteiger partial charge on any atom is -0.509 e. The summed E-state index contributed by atoms with van der Waals surface area (Å²) in [6.07, 6.45) is 0.806. The van der Waals surface area contributed by atoms with Crippen LogP contribution in [0.2, 0.25) is 0 Å². The standard InChI is InChI=1S/C15H18BrNO2/c1-5-9-6-8(2)7-10(16)11(9)12-13(18)15(3,4)17-14(12)19/h6-7,18H,5H2,1-4H3,(H,17,19). The molecule has 0 bridgehead atoms. The summed E-state index contributed by atoms with van der Waals surface area (Å²) in [6, 6.07) is 4.02. The predicted octanol–water partition coefficient (Wildman–Crippen LogP) is 3.50. The number of aliphatic hydroxyl groups is 1. The zero-order chi connectivity index (χ0) is 14.4. The molecule has 1 heterocycles. The summed E-state index contributed by atoms with van der Waals surface area (Å²) in [5.74, 6) is -0.112. The Bertz CT molecular complexity index is 588. The van der Waals surface area contributed by atoms with E-state index in [2.05, 4.69) is 27.3 Å². The minimum atomic E-state index is -0.707. The van der Waals surface area contributed by atoms with Gasteiger partial charge in [0.1, 0.15) is 5.76 Å². The molecule has 0 radical (unpaired) electrons. The van der Waals surface area contributed by atoms with Gasteiger partial charge in [0, 0.05) is 10.0 Å². The maximum Gasteiger partial charge on any atom is 0.256 e. The first-order chi connectivity index (χ1) is 8.77. The van der Waals surface area contributed by atoms with Gasteiger partial charge in [0.05, 0.1) is 11.1 Å². The molecule has 0 fully saturated rings. The van der Waals surface area contributed by atoms with Crippen LogP contribution in [-0.2, 0) is 11.2 Å². The van der Waals surface area contributed by atoms with Crippen molar-refractivity contribution in [3.63, 3.8) is 0 Å². The fourth-order valence-corrected chi connectivity index (χ4v) is 3.24. The molecule has 1 aromatic rings. The molecule has 3 nitrogen and oxygen atoms in total. The number of rotatable bonds is 2. The van der Waals surface area contributed by atoms with Crippen molar-refractivity contribution in [3.8, 4) is 0 Å². The third-order valence-electron chi connectivity index (χ3n) is 3.43. The average Bonchev–Trinajstić information content (AvgIpc) is 2.49. The fourth-order valence-electron chi connectivity index (χ4n) is 2.43. The maximum atomic E-state index is 12.2. The van der Waals surface area contributed by atoms with Crippen molar-refractivity contribution in [2.45, 2.75) is 39.7 Å². The first-order valence-corrected chi connectivity index (χ1v) is 7.13. The van der Waals surface area contributed by atoms with E-state index in [4.69, 9.17) is 0 Å². The summed E-state index contributed by atoms with van der Waals surface area (Å²) < 4.78 is 0.846. The van der Waals surface area contributed by atoms with Gasteiger partial charge in [0.15, 0.2) is 0 Å². The molecular formula is C15H18BrNO2. The molecule has 1 amide bonds. The topological polar surface area (TPSA) is 49.3 Å². The fraction of sp³-hybridized carbons (Fsp3) is 0.400. The third kappa shape index (κ3) is 2.29. The molecule has 1 aliphatic rings. The summed E-state index contributed by atoms with van der Waals surface area (Å²) in [5, 5.41) is 13.1. The molecule has 0 saturated carbocycles. The number of carbonyl (C=O) groups is 1. The van der Waals surface area contributed by atoms with Gasteiger partial charge in [0.2, 0.25) is 0 Å². The van der Waals surface area contributed by atoms with Crippen LogP contribution >= 0.6 is 15.9 Å². The third-order valence-corrected chi connectivity index (χ3v) is 4.05. The van der Waals surface area contributed by atoms with Crippen LogP contribution in [0.3, 0.4) is 0 Å². The van der Waals surface area contributed by atoms with Crippen molar-refractivity contribution in [1.82, 2.24) is 5.32 Å². The second-order valence-electron chi connectivity index (χ2n) is 5.44. The molecule has 4 heteroatoms. The summed E-state index contributed by atoms with van der Waals surface area (Å²) in [6.45, 7) is 7.64. The summed E-state index contributed by atoms with van der Waals surface area (Å²) in [7, 11) is 0. The van der Waals surface area contributed by atoms with Crippen LogP contribution in [0, 0.1) is 6.92 Å². The number of aliphatic hydroxyl groups excluding tert-OH is 1. The molecule has 0 unspecified atom stereocenters. The van der Waals surface area contributed by atoms with E-state index in [1.165, 1.54) is 0 Å². The van der Waals surface area contributed by atoms with Gasteiger partial charge in [-0.25, -0.2) is 0 Å². The van der Waals surface area contributed by atoms with Gasteiger partial charge in [-0.3, -0.25) is 4.79 Å². The van der Waals surface area contributed by atoms with Crippen molar-refractivity contribution in [2.24, 2.45) is 0 Å². The van der Waals surface area contributed by atoms with Crippen LogP contribution in [0.25, 0.3) is 5.57 Å². The van der Waals surface area contributed by atoms with Crippen LogP contribution in [-0.4, -0.2) is 16.6 Å². The second-order valence-corrected chi connectivity index (χ2v) is 6.29. The van der Waals surface area contributed by atoms with Gasteiger partial charge < -0.3 is 10.4 Å². The Labute approximate surface area is 121 Å². The highest BCUT2D eigenvalue weighted by atomic mass is 79.9. The molecule has 102 valence electrons. The van der Waals surface area contributed by atoms with Gasteiger partial charge in [-0.1, -0.05) is 28.9 Å². The van der Waals surface area contributed by atoms with Gasteiger partial charge in [-0.2, -0.15) is 0 Å². The van der Waals surface area contributed by atoms with E-state index >= 15 is 0 Å². The van der Waals surface area contributed by atoms with Crippen molar-refractivity contribution >= 4 is 27.4 Å². The van der Waals surface area contributed by atoms with Crippen molar-refractivity contribution in [1.29, 1.82) is 0 Å². The van der Waals surface area contributed by atoms with E-state index in [0.29, 0.717) is 5.57 Å². The zero-order valence-corrected chi connectivity index (χ0v) is 13.2. The van der Waals surface area contributed by atoms with Gasteiger partial charge in [-0.15, -0.1) is 0 Å². The van der Waals surface area contributed by atoms with E-state index in [-0.39, 0.29) is 11.7 Å². The second kappa shape index (κ2) is 4.67. The molecule has 0 spiro atoms. The highest BCUT2D eigenvalue weighted by Crippen LogP contribution is 2.37. The smallest absolute Gasteiger partial charge is 0.256 e. The van der Waals surface area contributed by atoms with Crippen LogP contribution in [0.5, 0.6) is 0 Å². The number of carbonyl (C=O) groups excluding carboxylic acids is 1. The Hall–Kier alpha value is -1.29. The van der Waals surface area contributed by atoms with Crippen LogP contribution < -0.4 is 5.32 Å². The molecule has 0 aromatic heterocycles. The molecular weight excluding hydrogens is 306 g/mol. The quantitative estimate of drug-likeness (QED) is 0.875. The summed E-state index contributed by atoms with van der Waals surface area (Å²) in [5.41, 5.74) is 2.66. The molecule has 1 aliphatic heterocycles.